The van der Waals surface area contributed by atoms with Crippen LogP contribution in [0.15, 0.2) is 24.3 Å². The maximum absolute atomic E-state index is 11.9. The molecule has 0 radical (unpaired) electrons. The highest BCUT2D eigenvalue weighted by Gasteiger charge is 2.15. The van der Waals surface area contributed by atoms with Crippen molar-refractivity contribution in [3.05, 3.63) is 29.8 Å². The summed E-state index contributed by atoms with van der Waals surface area (Å²) in [6.07, 6.45) is 0.0197. The highest BCUT2D eigenvalue weighted by molar-refractivity contribution is 5.85. The summed E-state index contributed by atoms with van der Waals surface area (Å²) < 4.78 is 5.27. The lowest BCUT2D eigenvalue weighted by molar-refractivity contribution is -0.137. The first-order valence-corrected chi connectivity index (χ1v) is 6.76. The smallest absolute Gasteiger partial charge is 0.304 e. The summed E-state index contributed by atoms with van der Waals surface area (Å²) in [4.78, 5) is 24.1. The van der Waals surface area contributed by atoms with Crippen molar-refractivity contribution >= 4 is 24.3 Å². The van der Waals surface area contributed by atoms with Gasteiger partial charge in [0.2, 0.25) is 5.91 Å². The number of ether oxygens (including phenoxy) is 1. The first kappa shape index (κ1) is 20.2. The number of nitrogens with one attached hydrogen (secondary N) is 1. The van der Waals surface area contributed by atoms with Crippen LogP contribution in [0, 0.1) is 0 Å². The van der Waals surface area contributed by atoms with Gasteiger partial charge < -0.3 is 15.2 Å². The Bertz CT molecular complexity index is 496. The average molecular weight is 331 g/mol. The summed E-state index contributed by atoms with van der Waals surface area (Å²) >= 11 is 0. The molecule has 1 aromatic rings. The molecule has 1 rings (SSSR count). The zero-order chi connectivity index (χ0) is 15.8. The van der Waals surface area contributed by atoms with Crippen LogP contribution < -0.4 is 10.1 Å². The lowest BCUT2D eigenvalue weighted by Crippen LogP contribution is -2.37. The molecule has 1 amide bonds. The molecule has 0 fully saturated rings. The topological polar surface area (TPSA) is 78.9 Å². The van der Waals surface area contributed by atoms with Crippen molar-refractivity contribution < 1.29 is 19.4 Å². The molecule has 0 aromatic heterocycles. The van der Waals surface area contributed by atoms with Crippen LogP contribution in [0.1, 0.15) is 24.9 Å². The number of carbonyl (C=O) groups excluding carboxylic acids is 1. The number of para-hydroxylation sites is 1. The molecule has 0 aliphatic heterocycles. The van der Waals surface area contributed by atoms with Gasteiger partial charge in [-0.05, 0) is 20.0 Å². The van der Waals surface area contributed by atoms with Gasteiger partial charge in [-0.15, -0.1) is 12.4 Å². The largest absolute Gasteiger partial charge is 0.496 e. The van der Waals surface area contributed by atoms with Crippen LogP contribution in [0.4, 0.5) is 0 Å². The first-order valence-electron chi connectivity index (χ1n) is 6.76. The quantitative estimate of drug-likeness (QED) is 0.758. The van der Waals surface area contributed by atoms with Crippen LogP contribution >= 0.6 is 12.4 Å². The van der Waals surface area contributed by atoms with Crippen LogP contribution in [0.3, 0.4) is 0 Å². The molecule has 0 spiro atoms. The van der Waals surface area contributed by atoms with E-state index in [1.54, 1.807) is 19.1 Å². The number of methoxy groups -OCH3 is 1. The van der Waals surface area contributed by atoms with E-state index in [1.807, 2.05) is 31.2 Å². The number of carboxylic acid groups (broad SMARTS) is 1. The summed E-state index contributed by atoms with van der Waals surface area (Å²) in [7, 11) is 3.31. The fourth-order valence-corrected chi connectivity index (χ4v) is 2.00. The van der Waals surface area contributed by atoms with Gasteiger partial charge >= 0.3 is 5.97 Å². The number of halogens is 1. The van der Waals surface area contributed by atoms with Crippen LogP contribution in [0.2, 0.25) is 0 Å². The molecular formula is C15H23ClN2O4. The second-order valence-corrected chi connectivity index (χ2v) is 4.91. The summed E-state index contributed by atoms with van der Waals surface area (Å²) in [6.45, 7) is 2.38. The Balaban J connectivity index is 0.00000441. The minimum atomic E-state index is -0.871. The van der Waals surface area contributed by atoms with E-state index in [9.17, 15) is 9.59 Å². The van der Waals surface area contributed by atoms with E-state index in [1.165, 1.54) is 0 Å². The number of carbonyl (C=O) groups is 2. The van der Waals surface area contributed by atoms with Crippen molar-refractivity contribution in [2.45, 2.75) is 19.4 Å². The second kappa shape index (κ2) is 10.0. The summed E-state index contributed by atoms with van der Waals surface area (Å²) in [6, 6.07) is 7.33. The zero-order valence-electron chi connectivity index (χ0n) is 13.0. The van der Waals surface area contributed by atoms with E-state index in [0.717, 1.165) is 11.3 Å². The minimum absolute atomic E-state index is 0. The number of hydrogen-bond donors (Lipinski definition) is 2. The molecule has 124 valence electrons. The molecule has 0 saturated heterocycles. The standard InChI is InChI=1S/C15H22N2O4.ClH/c1-11(12-6-4-5-7-13(12)21-3)16-14(18)10-17(2)9-8-15(19)20;/h4-7,11H,8-10H2,1-3H3,(H,16,18)(H,19,20);1H. The highest BCUT2D eigenvalue weighted by atomic mass is 35.5. The molecule has 1 unspecified atom stereocenters. The van der Waals surface area contributed by atoms with Gasteiger partial charge in [-0.3, -0.25) is 14.5 Å². The molecule has 22 heavy (non-hydrogen) atoms. The second-order valence-electron chi connectivity index (χ2n) is 4.91. The van der Waals surface area contributed by atoms with Crippen molar-refractivity contribution in [1.29, 1.82) is 0 Å². The molecule has 1 atom stereocenters. The third kappa shape index (κ3) is 6.78. The van der Waals surface area contributed by atoms with Gasteiger partial charge in [0.1, 0.15) is 5.75 Å². The summed E-state index contributed by atoms with van der Waals surface area (Å²) in [5.74, 6) is -0.296. The Labute approximate surface area is 136 Å². The summed E-state index contributed by atoms with van der Waals surface area (Å²) in [5.41, 5.74) is 0.904. The molecule has 0 saturated carbocycles. The van der Waals surface area contributed by atoms with Gasteiger partial charge in [0.25, 0.3) is 0 Å². The Morgan fingerprint density at radius 1 is 1.36 bits per heavy atom. The predicted molar refractivity (Wildman–Crippen MR) is 86.5 cm³/mol. The highest BCUT2D eigenvalue weighted by Crippen LogP contribution is 2.24. The van der Waals surface area contributed by atoms with Gasteiger partial charge in [-0.1, -0.05) is 18.2 Å². The molecule has 1 aromatic carbocycles. The molecule has 2 N–H and O–H groups in total. The fourth-order valence-electron chi connectivity index (χ4n) is 2.00. The lowest BCUT2D eigenvalue weighted by atomic mass is 10.1. The predicted octanol–water partition coefficient (Wildman–Crippen LogP) is 1.70. The first-order chi connectivity index (χ1) is 9.93. The van der Waals surface area contributed by atoms with E-state index in [2.05, 4.69) is 5.32 Å². The monoisotopic (exact) mass is 330 g/mol. The minimum Gasteiger partial charge on any atom is -0.496 e. The Hall–Kier alpha value is -1.79. The van der Waals surface area contributed by atoms with Crippen molar-refractivity contribution in [1.82, 2.24) is 10.2 Å². The third-order valence-electron chi connectivity index (χ3n) is 3.10. The molecule has 0 bridgehead atoms. The van der Waals surface area contributed by atoms with E-state index < -0.39 is 5.97 Å². The SMILES string of the molecule is COc1ccccc1C(C)NC(=O)CN(C)CCC(=O)O.Cl. The molecule has 0 aliphatic carbocycles. The number of benzene rings is 1. The van der Waals surface area contributed by atoms with Gasteiger partial charge in [0.05, 0.1) is 26.1 Å². The maximum Gasteiger partial charge on any atom is 0.304 e. The average Bonchev–Trinajstić information content (AvgIpc) is 2.44. The normalized spacial score (nSPS) is 11.5. The van der Waals surface area contributed by atoms with Crippen LogP contribution in [-0.2, 0) is 9.59 Å². The van der Waals surface area contributed by atoms with E-state index >= 15 is 0 Å². The number of amides is 1. The number of nitrogens with zero attached hydrogens (tertiary/aromatic N) is 1. The van der Waals surface area contributed by atoms with Gasteiger partial charge in [-0.25, -0.2) is 0 Å². The molecule has 0 heterocycles. The number of likely N-dealkylation sites (N-methyl/N-ethyl adjacent to an activating group) is 1. The van der Waals surface area contributed by atoms with Crippen molar-refractivity contribution in [2.75, 3.05) is 27.2 Å². The Morgan fingerprint density at radius 3 is 2.59 bits per heavy atom. The third-order valence-corrected chi connectivity index (χ3v) is 3.10. The Kier molecular flexibility index (Phi) is 9.21. The van der Waals surface area contributed by atoms with Crippen LogP contribution in [-0.4, -0.2) is 49.1 Å². The fraction of sp³-hybridized carbons (Fsp3) is 0.467. The number of carboxylic acids is 1. The molecule has 6 nitrogen and oxygen atoms in total. The van der Waals surface area contributed by atoms with Crippen molar-refractivity contribution in [3.8, 4) is 5.75 Å². The number of rotatable bonds is 8. The maximum atomic E-state index is 11.9. The van der Waals surface area contributed by atoms with Crippen molar-refractivity contribution in [3.63, 3.8) is 0 Å². The lowest BCUT2D eigenvalue weighted by Gasteiger charge is -2.20. The zero-order valence-corrected chi connectivity index (χ0v) is 13.9. The molecule has 7 heteroatoms. The van der Waals surface area contributed by atoms with E-state index in [0.29, 0.717) is 6.54 Å². The molecular weight excluding hydrogens is 308 g/mol. The van der Waals surface area contributed by atoms with Gasteiger partial charge in [-0.2, -0.15) is 0 Å². The van der Waals surface area contributed by atoms with E-state index in [-0.39, 0.29) is 37.3 Å². The Morgan fingerprint density at radius 2 is 2.00 bits per heavy atom. The molecule has 0 aliphatic rings. The van der Waals surface area contributed by atoms with Gasteiger partial charge in [0.15, 0.2) is 0 Å². The van der Waals surface area contributed by atoms with E-state index in [4.69, 9.17) is 9.84 Å². The number of hydrogen-bond acceptors (Lipinski definition) is 4. The van der Waals surface area contributed by atoms with Gasteiger partial charge in [0, 0.05) is 12.1 Å². The van der Waals surface area contributed by atoms with Crippen LogP contribution in [0.5, 0.6) is 5.75 Å². The van der Waals surface area contributed by atoms with Crippen molar-refractivity contribution in [2.24, 2.45) is 0 Å². The summed E-state index contributed by atoms with van der Waals surface area (Å²) in [5, 5.41) is 11.5. The number of aliphatic carboxylic acids is 1. The van der Waals surface area contributed by atoms with Crippen LogP contribution in [0.25, 0.3) is 0 Å².